The minimum Gasteiger partial charge on any atom is -0.493 e. The topological polar surface area (TPSA) is 68.0 Å². The van der Waals surface area contributed by atoms with E-state index in [-0.39, 0.29) is 5.91 Å². The average molecular weight is 387 g/mol. The fourth-order valence-corrected chi connectivity index (χ4v) is 3.57. The van der Waals surface area contributed by atoms with Crippen molar-refractivity contribution >= 4 is 5.91 Å². The van der Waals surface area contributed by atoms with Crippen LogP contribution in [0.3, 0.4) is 0 Å². The summed E-state index contributed by atoms with van der Waals surface area (Å²) in [4.78, 5) is 17.0. The van der Waals surface area contributed by atoms with Crippen LogP contribution in [0, 0.1) is 0 Å². The summed E-state index contributed by atoms with van der Waals surface area (Å²) in [6.07, 6.45) is 4.67. The van der Waals surface area contributed by atoms with Gasteiger partial charge in [0.2, 0.25) is 5.91 Å². The molecule has 0 fully saturated rings. The van der Waals surface area contributed by atoms with Crippen molar-refractivity contribution in [2.75, 3.05) is 47.4 Å². The van der Waals surface area contributed by atoms with E-state index in [2.05, 4.69) is 17.1 Å². The van der Waals surface area contributed by atoms with Gasteiger partial charge in [-0.15, -0.1) is 0 Å². The molecule has 0 spiro atoms. The summed E-state index contributed by atoms with van der Waals surface area (Å²) in [5.74, 6) is 1.57. The van der Waals surface area contributed by atoms with Crippen molar-refractivity contribution in [3.05, 3.63) is 41.3 Å². The van der Waals surface area contributed by atoms with E-state index in [9.17, 15) is 4.79 Å². The van der Waals surface area contributed by atoms with Gasteiger partial charge in [0.15, 0.2) is 11.5 Å². The minimum absolute atomic E-state index is 0.177. The van der Waals surface area contributed by atoms with Crippen LogP contribution in [0.15, 0.2) is 29.0 Å². The fraction of sp³-hybridized carbons (Fsp3) is 0.524. The van der Waals surface area contributed by atoms with Crippen LogP contribution in [0.4, 0.5) is 0 Å². The number of carbonyl (C=O) groups excluding carboxylic acids is 1. The molecule has 2 heterocycles. The Kier molecular flexibility index (Phi) is 6.92. The second-order valence-corrected chi connectivity index (χ2v) is 7.18. The number of rotatable bonds is 9. The van der Waals surface area contributed by atoms with E-state index in [0.717, 1.165) is 62.4 Å². The number of hydrogen-bond acceptors (Lipinski definition) is 6. The predicted molar refractivity (Wildman–Crippen MR) is 106 cm³/mol. The number of carbonyl (C=O) groups is 1. The van der Waals surface area contributed by atoms with E-state index in [1.165, 1.54) is 5.56 Å². The van der Waals surface area contributed by atoms with Gasteiger partial charge < -0.3 is 23.8 Å². The summed E-state index contributed by atoms with van der Waals surface area (Å²) >= 11 is 0. The number of ether oxygens (including phenoxy) is 2. The molecule has 7 nitrogen and oxygen atoms in total. The number of amides is 1. The van der Waals surface area contributed by atoms with Crippen molar-refractivity contribution in [1.82, 2.24) is 15.0 Å². The van der Waals surface area contributed by atoms with Crippen LogP contribution in [0.2, 0.25) is 0 Å². The molecule has 1 aromatic heterocycles. The molecule has 1 aliphatic heterocycles. The lowest BCUT2D eigenvalue weighted by Gasteiger charge is -2.22. The largest absolute Gasteiger partial charge is 0.493 e. The number of nitrogens with zero attached hydrogens (tertiary/aromatic N) is 3. The highest BCUT2D eigenvalue weighted by molar-refractivity contribution is 5.80. The van der Waals surface area contributed by atoms with Crippen LogP contribution in [-0.4, -0.2) is 68.3 Å². The SMILES string of the molecule is COc1cc2c(cc1OC)CC(=O)N(CCCN(C)CCc1ccon1)CC2. The van der Waals surface area contributed by atoms with E-state index in [0.29, 0.717) is 12.2 Å². The highest BCUT2D eigenvalue weighted by atomic mass is 16.5. The molecular formula is C21H29N3O4. The van der Waals surface area contributed by atoms with E-state index in [1.54, 1.807) is 20.5 Å². The number of aromatic nitrogens is 1. The molecule has 0 aliphatic carbocycles. The van der Waals surface area contributed by atoms with Crippen LogP contribution >= 0.6 is 0 Å². The van der Waals surface area contributed by atoms with Crippen molar-refractivity contribution in [2.24, 2.45) is 0 Å². The summed E-state index contributed by atoms with van der Waals surface area (Å²) in [5, 5.41) is 3.93. The highest BCUT2D eigenvalue weighted by Crippen LogP contribution is 2.32. The number of fused-ring (bicyclic) bond motifs is 1. The second-order valence-electron chi connectivity index (χ2n) is 7.18. The summed E-state index contributed by atoms with van der Waals surface area (Å²) in [6, 6.07) is 5.83. The zero-order chi connectivity index (χ0) is 19.9. The van der Waals surface area contributed by atoms with Gasteiger partial charge in [0, 0.05) is 32.1 Å². The van der Waals surface area contributed by atoms with Crippen molar-refractivity contribution in [2.45, 2.75) is 25.7 Å². The molecule has 7 heteroatoms. The molecule has 0 N–H and O–H groups in total. The Labute approximate surface area is 166 Å². The molecular weight excluding hydrogens is 358 g/mol. The van der Waals surface area contributed by atoms with Gasteiger partial charge in [0.05, 0.1) is 26.3 Å². The first kappa shape index (κ1) is 20.2. The van der Waals surface area contributed by atoms with Crippen LogP contribution < -0.4 is 9.47 Å². The summed E-state index contributed by atoms with van der Waals surface area (Å²) in [5.41, 5.74) is 3.17. The van der Waals surface area contributed by atoms with Gasteiger partial charge in [-0.25, -0.2) is 0 Å². The minimum atomic E-state index is 0.177. The molecule has 1 aliphatic rings. The number of likely N-dealkylation sites (N-methyl/N-ethyl adjacent to an activating group) is 1. The zero-order valence-electron chi connectivity index (χ0n) is 16.9. The maximum atomic E-state index is 12.7. The molecule has 0 unspecified atom stereocenters. The lowest BCUT2D eigenvalue weighted by molar-refractivity contribution is -0.130. The molecule has 0 radical (unpaired) electrons. The van der Waals surface area contributed by atoms with E-state index in [1.807, 2.05) is 23.1 Å². The van der Waals surface area contributed by atoms with Crippen LogP contribution in [0.25, 0.3) is 0 Å². The Morgan fingerprint density at radius 3 is 2.61 bits per heavy atom. The van der Waals surface area contributed by atoms with E-state index >= 15 is 0 Å². The third-order valence-corrected chi connectivity index (χ3v) is 5.26. The van der Waals surface area contributed by atoms with Gasteiger partial charge in [-0.1, -0.05) is 5.16 Å². The normalized spacial score (nSPS) is 14.1. The Balaban J connectivity index is 1.50. The van der Waals surface area contributed by atoms with Crippen LogP contribution in [0.5, 0.6) is 11.5 Å². The molecule has 152 valence electrons. The Bertz CT molecular complexity index is 776. The van der Waals surface area contributed by atoms with Crippen LogP contribution in [0.1, 0.15) is 23.2 Å². The summed E-state index contributed by atoms with van der Waals surface area (Å²) in [7, 11) is 5.35. The van der Waals surface area contributed by atoms with Crippen molar-refractivity contribution in [3.8, 4) is 11.5 Å². The summed E-state index contributed by atoms with van der Waals surface area (Å²) in [6.45, 7) is 3.38. The van der Waals surface area contributed by atoms with Gasteiger partial charge >= 0.3 is 0 Å². The average Bonchev–Trinajstić information content (AvgIpc) is 3.17. The third-order valence-electron chi connectivity index (χ3n) is 5.26. The number of methoxy groups -OCH3 is 2. The van der Waals surface area contributed by atoms with Crippen LogP contribution in [-0.2, 0) is 24.1 Å². The molecule has 0 atom stereocenters. The Morgan fingerprint density at radius 2 is 1.93 bits per heavy atom. The lowest BCUT2D eigenvalue weighted by Crippen LogP contribution is -2.35. The van der Waals surface area contributed by atoms with Crippen molar-refractivity contribution in [3.63, 3.8) is 0 Å². The maximum Gasteiger partial charge on any atom is 0.227 e. The standard InChI is InChI=1S/C21H29N3O4/c1-23(10-6-18-7-12-28-22-18)8-4-9-24-11-5-16-13-19(26-2)20(27-3)14-17(16)15-21(24)25/h7,12-14H,4-6,8-11,15H2,1-3H3. The van der Waals surface area contributed by atoms with Gasteiger partial charge in [-0.3, -0.25) is 4.79 Å². The molecule has 3 rings (SSSR count). The molecule has 1 amide bonds. The molecule has 1 aromatic carbocycles. The molecule has 0 saturated carbocycles. The smallest absolute Gasteiger partial charge is 0.227 e. The van der Waals surface area contributed by atoms with Crippen molar-refractivity contribution in [1.29, 1.82) is 0 Å². The summed E-state index contributed by atoms with van der Waals surface area (Å²) < 4.78 is 15.6. The van der Waals surface area contributed by atoms with E-state index < -0.39 is 0 Å². The van der Waals surface area contributed by atoms with Gasteiger partial charge in [-0.2, -0.15) is 0 Å². The lowest BCUT2D eigenvalue weighted by atomic mass is 10.0. The molecule has 2 aromatic rings. The number of hydrogen-bond donors (Lipinski definition) is 0. The highest BCUT2D eigenvalue weighted by Gasteiger charge is 2.22. The van der Waals surface area contributed by atoms with Gasteiger partial charge in [0.25, 0.3) is 0 Å². The predicted octanol–water partition coefficient (Wildman–Crippen LogP) is 2.18. The third kappa shape index (κ3) is 5.04. The molecule has 0 bridgehead atoms. The van der Waals surface area contributed by atoms with Gasteiger partial charge in [-0.05, 0) is 49.7 Å². The van der Waals surface area contributed by atoms with Gasteiger partial charge in [0.1, 0.15) is 6.26 Å². The first-order valence-corrected chi connectivity index (χ1v) is 9.70. The molecule has 0 saturated heterocycles. The quantitative estimate of drug-likeness (QED) is 0.657. The Hall–Kier alpha value is -2.54. The Morgan fingerprint density at radius 1 is 1.18 bits per heavy atom. The number of benzene rings is 1. The van der Waals surface area contributed by atoms with E-state index in [4.69, 9.17) is 14.0 Å². The maximum absolute atomic E-state index is 12.7. The second kappa shape index (κ2) is 9.59. The van der Waals surface area contributed by atoms with Crippen molar-refractivity contribution < 1.29 is 18.8 Å². The fourth-order valence-electron chi connectivity index (χ4n) is 3.57. The molecule has 28 heavy (non-hydrogen) atoms. The zero-order valence-corrected chi connectivity index (χ0v) is 16.9. The first-order chi connectivity index (χ1) is 13.6. The first-order valence-electron chi connectivity index (χ1n) is 9.70. The monoisotopic (exact) mass is 387 g/mol.